The molecule has 17 heavy (non-hydrogen) atoms. The molecule has 1 aromatic carbocycles. The van der Waals surface area contributed by atoms with E-state index >= 15 is 0 Å². The van der Waals surface area contributed by atoms with Gasteiger partial charge in [0.15, 0.2) is 0 Å². The van der Waals surface area contributed by atoms with Gasteiger partial charge in [-0.2, -0.15) is 0 Å². The SMILES string of the molecule is CC(C)(C)NCc1cc(F)cc(OCCO)c1. The summed E-state index contributed by atoms with van der Waals surface area (Å²) in [5.74, 6) is 0.121. The van der Waals surface area contributed by atoms with Crippen molar-refractivity contribution in [1.29, 1.82) is 0 Å². The second-order valence-electron chi connectivity index (χ2n) is 4.97. The number of aliphatic hydroxyl groups excluding tert-OH is 1. The molecule has 0 saturated carbocycles. The molecule has 0 amide bonds. The number of halogens is 1. The lowest BCUT2D eigenvalue weighted by atomic mass is 10.1. The van der Waals surface area contributed by atoms with E-state index in [9.17, 15) is 4.39 Å². The number of nitrogens with one attached hydrogen (secondary N) is 1. The summed E-state index contributed by atoms with van der Waals surface area (Å²) in [6.07, 6.45) is 0. The molecular formula is C13H20FNO2. The molecule has 0 bridgehead atoms. The highest BCUT2D eigenvalue weighted by Gasteiger charge is 2.09. The van der Waals surface area contributed by atoms with E-state index in [0.29, 0.717) is 12.3 Å². The molecule has 0 aliphatic carbocycles. The van der Waals surface area contributed by atoms with E-state index in [0.717, 1.165) is 5.56 Å². The summed E-state index contributed by atoms with van der Waals surface area (Å²) in [5, 5.41) is 11.9. The first-order chi connectivity index (χ1) is 7.90. The van der Waals surface area contributed by atoms with Gasteiger partial charge in [-0.15, -0.1) is 0 Å². The third kappa shape index (κ3) is 5.65. The van der Waals surface area contributed by atoms with Gasteiger partial charge in [-0.25, -0.2) is 4.39 Å². The number of benzene rings is 1. The average molecular weight is 241 g/mol. The Labute approximate surface area is 102 Å². The van der Waals surface area contributed by atoms with E-state index < -0.39 is 0 Å². The molecule has 1 rings (SSSR count). The summed E-state index contributed by atoms with van der Waals surface area (Å²) < 4.78 is 18.5. The summed E-state index contributed by atoms with van der Waals surface area (Å²) in [6, 6.07) is 4.57. The van der Waals surface area contributed by atoms with Crippen molar-refractivity contribution in [3.05, 3.63) is 29.6 Å². The maximum atomic E-state index is 13.3. The Balaban J connectivity index is 2.68. The van der Waals surface area contributed by atoms with Gasteiger partial charge >= 0.3 is 0 Å². The van der Waals surface area contributed by atoms with Crippen LogP contribution in [0.2, 0.25) is 0 Å². The Kier molecular flexibility index (Phi) is 4.90. The van der Waals surface area contributed by atoms with E-state index in [-0.39, 0.29) is 24.6 Å². The second-order valence-corrected chi connectivity index (χ2v) is 4.97. The average Bonchev–Trinajstić information content (AvgIpc) is 2.22. The van der Waals surface area contributed by atoms with Gasteiger partial charge in [-0.1, -0.05) is 0 Å². The predicted octanol–water partition coefficient (Wildman–Crippen LogP) is 2.08. The lowest BCUT2D eigenvalue weighted by Gasteiger charge is -2.20. The molecule has 3 nitrogen and oxygen atoms in total. The van der Waals surface area contributed by atoms with Gasteiger partial charge in [-0.3, -0.25) is 0 Å². The molecule has 96 valence electrons. The van der Waals surface area contributed by atoms with E-state index in [1.165, 1.54) is 12.1 Å². The van der Waals surface area contributed by atoms with Crippen LogP contribution in [-0.2, 0) is 6.54 Å². The van der Waals surface area contributed by atoms with Gasteiger partial charge in [0.2, 0.25) is 0 Å². The fourth-order valence-corrected chi connectivity index (χ4v) is 1.34. The molecule has 0 heterocycles. The van der Waals surface area contributed by atoms with Crippen LogP contribution in [-0.4, -0.2) is 23.9 Å². The normalized spacial score (nSPS) is 11.6. The number of rotatable bonds is 5. The maximum absolute atomic E-state index is 13.3. The molecule has 0 saturated heterocycles. The maximum Gasteiger partial charge on any atom is 0.127 e. The van der Waals surface area contributed by atoms with Crippen LogP contribution in [0.15, 0.2) is 18.2 Å². The van der Waals surface area contributed by atoms with Crippen molar-refractivity contribution >= 4 is 0 Å². The van der Waals surface area contributed by atoms with Crippen molar-refractivity contribution in [1.82, 2.24) is 5.32 Å². The summed E-state index contributed by atoms with van der Waals surface area (Å²) in [6.45, 7) is 6.83. The molecule has 0 atom stereocenters. The molecule has 0 radical (unpaired) electrons. The van der Waals surface area contributed by atoms with Crippen molar-refractivity contribution in [2.24, 2.45) is 0 Å². The first kappa shape index (κ1) is 13.9. The van der Waals surface area contributed by atoms with Crippen molar-refractivity contribution in [2.45, 2.75) is 32.9 Å². The van der Waals surface area contributed by atoms with Gasteiger partial charge in [0.1, 0.15) is 18.2 Å². The van der Waals surface area contributed by atoms with Gasteiger partial charge in [0.05, 0.1) is 6.61 Å². The van der Waals surface area contributed by atoms with E-state index in [1.807, 2.05) is 0 Å². The first-order valence-corrected chi connectivity index (χ1v) is 5.69. The van der Waals surface area contributed by atoms with Crippen LogP contribution in [0.25, 0.3) is 0 Å². The molecular weight excluding hydrogens is 221 g/mol. The zero-order valence-corrected chi connectivity index (χ0v) is 10.6. The minimum atomic E-state index is -0.328. The van der Waals surface area contributed by atoms with Crippen LogP contribution in [0.4, 0.5) is 4.39 Å². The molecule has 0 spiro atoms. The van der Waals surface area contributed by atoms with Crippen LogP contribution in [0.1, 0.15) is 26.3 Å². The summed E-state index contributed by atoms with van der Waals surface area (Å²) >= 11 is 0. The van der Waals surface area contributed by atoms with Crippen molar-refractivity contribution in [3.8, 4) is 5.75 Å². The van der Waals surface area contributed by atoms with Crippen LogP contribution in [0.3, 0.4) is 0 Å². The van der Waals surface area contributed by atoms with E-state index in [4.69, 9.17) is 9.84 Å². The van der Waals surface area contributed by atoms with Crippen LogP contribution >= 0.6 is 0 Å². The van der Waals surface area contributed by atoms with Crippen LogP contribution < -0.4 is 10.1 Å². The fourth-order valence-electron chi connectivity index (χ4n) is 1.34. The van der Waals surface area contributed by atoms with Crippen molar-refractivity contribution < 1.29 is 14.2 Å². The lowest BCUT2D eigenvalue weighted by molar-refractivity contribution is 0.201. The number of hydrogen-bond acceptors (Lipinski definition) is 3. The zero-order chi connectivity index (χ0) is 12.9. The van der Waals surface area contributed by atoms with Gasteiger partial charge in [0.25, 0.3) is 0 Å². The van der Waals surface area contributed by atoms with Crippen LogP contribution in [0.5, 0.6) is 5.75 Å². The fraction of sp³-hybridized carbons (Fsp3) is 0.538. The smallest absolute Gasteiger partial charge is 0.127 e. The molecule has 0 aromatic heterocycles. The minimum absolute atomic E-state index is 0.0154. The monoisotopic (exact) mass is 241 g/mol. The number of ether oxygens (including phenoxy) is 1. The lowest BCUT2D eigenvalue weighted by Crippen LogP contribution is -2.35. The Morgan fingerprint density at radius 1 is 1.29 bits per heavy atom. The van der Waals surface area contributed by atoms with Gasteiger partial charge in [-0.05, 0) is 38.5 Å². The highest BCUT2D eigenvalue weighted by Crippen LogP contribution is 2.17. The minimum Gasteiger partial charge on any atom is -0.491 e. The molecule has 0 fully saturated rings. The largest absolute Gasteiger partial charge is 0.491 e. The third-order valence-corrected chi connectivity index (χ3v) is 2.11. The quantitative estimate of drug-likeness (QED) is 0.829. The summed E-state index contributed by atoms with van der Waals surface area (Å²) in [4.78, 5) is 0. The van der Waals surface area contributed by atoms with E-state index in [1.54, 1.807) is 6.07 Å². The topological polar surface area (TPSA) is 41.5 Å². The number of aliphatic hydroxyl groups is 1. The molecule has 1 aromatic rings. The van der Waals surface area contributed by atoms with Crippen LogP contribution in [0, 0.1) is 5.82 Å². The molecule has 2 N–H and O–H groups in total. The Morgan fingerprint density at radius 3 is 2.59 bits per heavy atom. The molecule has 0 aliphatic rings. The first-order valence-electron chi connectivity index (χ1n) is 5.69. The Hall–Kier alpha value is -1.13. The standard InChI is InChI=1S/C13H20FNO2/c1-13(2,3)15-9-10-6-11(14)8-12(7-10)17-5-4-16/h6-8,15-16H,4-5,9H2,1-3H3. The van der Waals surface area contributed by atoms with Gasteiger partial charge in [0, 0.05) is 18.2 Å². The highest BCUT2D eigenvalue weighted by atomic mass is 19.1. The number of hydrogen-bond donors (Lipinski definition) is 2. The van der Waals surface area contributed by atoms with Crippen molar-refractivity contribution in [3.63, 3.8) is 0 Å². The summed E-state index contributed by atoms with van der Waals surface area (Å²) in [7, 11) is 0. The highest BCUT2D eigenvalue weighted by molar-refractivity contribution is 5.29. The van der Waals surface area contributed by atoms with Gasteiger partial charge < -0.3 is 15.2 Å². The van der Waals surface area contributed by atoms with Crippen molar-refractivity contribution in [2.75, 3.05) is 13.2 Å². The Morgan fingerprint density at radius 2 is 2.00 bits per heavy atom. The predicted molar refractivity (Wildman–Crippen MR) is 65.6 cm³/mol. The molecule has 0 aliphatic heterocycles. The Bertz CT molecular complexity index is 361. The summed E-state index contributed by atoms with van der Waals surface area (Å²) in [5.41, 5.74) is 0.811. The molecule has 4 heteroatoms. The third-order valence-electron chi connectivity index (χ3n) is 2.11. The second kappa shape index (κ2) is 5.98. The van der Waals surface area contributed by atoms with E-state index in [2.05, 4.69) is 26.1 Å². The molecule has 0 unspecified atom stereocenters. The zero-order valence-electron chi connectivity index (χ0n) is 10.6.